The maximum atomic E-state index is 14.5. The molecule has 1 fully saturated rings. The minimum atomic E-state index is -4.57. The Hall–Kier alpha value is -4.76. The number of esters is 3. The minimum absolute atomic E-state index is 0.0771. The van der Waals surface area contributed by atoms with E-state index in [0.717, 1.165) is 17.5 Å². The van der Waals surface area contributed by atoms with Crippen molar-refractivity contribution in [2.24, 2.45) is 4.99 Å². The van der Waals surface area contributed by atoms with Crippen LogP contribution in [0.4, 0.5) is 18.9 Å². The Morgan fingerprint density at radius 1 is 1.04 bits per heavy atom. The molecule has 260 valence electrons. The van der Waals surface area contributed by atoms with Crippen LogP contribution in [-0.2, 0) is 48.6 Å². The molecule has 0 saturated carbocycles. The predicted molar refractivity (Wildman–Crippen MR) is 172 cm³/mol. The number of benzene rings is 2. The third-order valence-corrected chi connectivity index (χ3v) is 10.3. The van der Waals surface area contributed by atoms with Crippen molar-refractivity contribution in [3.8, 4) is 0 Å². The number of para-hydroxylation sites is 1. The third-order valence-electron chi connectivity index (χ3n) is 8.45. The van der Waals surface area contributed by atoms with Crippen molar-refractivity contribution >= 4 is 39.8 Å². The molecule has 0 aliphatic carbocycles. The van der Waals surface area contributed by atoms with Gasteiger partial charge < -0.3 is 23.7 Å². The van der Waals surface area contributed by atoms with Gasteiger partial charge in [0.05, 0.1) is 37.4 Å². The number of alkyl halides is 3. The molecule has 0 radical (unpaired) electrons. The van der Waals surface area contributed by atoms with Crippen molar-refractivity contribution in [2.45, 2.75) is 55.8 Å². The molecule has 0 N–H and O–H groups in total. The highest BCUT2D eigenvalue weighted by molar-refractivity contribution is 7.96. The van der Waals surface area contributed by atoms with E-state index in [1.165, 1.54) is 37.3 Å². The summed E-state index contributed by atoms with van der Waals surface area (Å²) < 4.78 is 84.4. The van der Waals surface area contributed by atoms with Crippen LogP contribution in [0.1, 0.15) is 32.8 Å². The molecule has 0 amide bonds. The molecule has 0 bridgehead atoms. The van der Waals surface area contributed by atoms with Crippen molar-refractivity contribution in [1.29, 1.82) is 0 Å². The number of allylic oxidation sites excluding steroid dienone is 3. The molecule has 11 nitrogen and oxygen atoms in total. The third kappa shape index (κ3) is 6.28. The number of ether oxygens (including phenoxy) is 3. The molecule has 15 heteroatoms. The number of halogens is 3. The van der Waals surface area contributed by atoms with E-state index < -0.39 is 57.7 Å². The molecule has 3 heterocycles. The monoisotopic (exact) mass is 701 g/mol. The van der Waals surface area contributed by atoms with Gasteiger partial charge in [-0.25, -0.2) is 19.4 Å². The molecule has 2 aromatic rings. The maximum absolute atomic E-state index is 14.5. The standard InChI is InChI=1S/C34H34F3N3O8S/c1-5-47-30(42)26-27(31(43)48-6-2)38-32-33(19-25(29(41)46-4)40(32)49(44,45)22-14-8-7-9-15-22)23-16-10-11-17-24(23)39(28(26)33)20-21(3)13-12-18-34(35,36)37/h7-18,25,28H,5-6,19-20H2,1-4H3/b18-12+,21-13+/t25-,28?,33-/m0/s1. The van der Waals surface area contributed by atoms with Crippen molar-refractivity contribution in [2.75, 3.05) is 31.8 Å². The van der Waals surface area contributed by atoms with Crippen LogP contribution in [0.3, 0.4) is 0 Å². The quantitative estimate of drug-likeness (QED) is 0.148. The normalized spacial score (nSPS) is 23.0. The number of hydrogen-bond donors (Lipinski definition) is 0. The smallest absolute Gasteiger partial charge is 0.409 e. The molecule has 5 rings (SSSR count). The lowest BCUT2D eigenvalue weighted by Gasteiger charge is -2.41. The first-order valence-electron chi connectivity index (χ1n) is 15.4. The molecule has 1 spiro atoms. The zero-order valence-corrected chi connectivity index (χ0v) is 27.9. The van der Waals surface area contributed by atoms with E-state index in [1.807, 2.05) is 0 Å². The molecule has 3 aliphatic heterocycles. The van der Waals surface area contributed by atoms with Gasteiger partial charge in [-0.05, 0) is 44.5 Å². The van der Waals surface area contributed by atoms with Crippen LogP contribution in [0, 0.1) is 0 Å². The predicted octanol–water partition coefficient (Wildman–Crippen LogP) is 4.82. The lowest BCUT2D eigenvalue weighted by atomic mass is 9.69. The van der Waals surface area contributed by atoms with E-state index in [2.05, 4.69) is 4.99 Å². The number of anilines is 1. The SMILES string of the molecule is CCOC(=O)C1=C(C(=O)OCC)C2N(C/C(C)=C/C=C/C(F)(F)F)c3ccccc3[C@@]23C[C@@H](C(=O)OC)N([S+](=O)([O-])c2ccccc2)C3=N1. The zero-order chi connectivity index (χ0) is 35.7. The number of nitrogens with zero attached hydrogens (tertiary/aromatic N) is 3. The summed E-state index contributed by atoms with van der Waals surface area (Å²) in [6, 6.07) is 11.4. The largest absolute Gasteiger partial charge is 0.588 e. The summed E-state index contributed by atoms with van der Waals surface area (Å²) >= 11 is 0. The lowest BCUT2D eigenvalue weighted by Crippen LogP contribution is -2.56. The Morgan fingerprint density at radius 3 is 2.31 bits per heavy atom. The highest BCUT2D eigenvalue weighted by atomic mass is 32.3. The van der Waals surface area contributed by atoms with Crippen LogP contribution in [0.15, 0.2) is 99.6 Å². The van der Waals surface area contributed by atoms with Crippen LogP contribution in [0.2, 0.25) is 0 Å². The average molecular weight is 702 g/mol. The van der Waals surface area contributed by atoms with E-state index in [9.17, 15) is 36.3 Å². The maximum Gasteiger partial charge on any atom is 0.409 e. The number of fused-ring (bicyclic) bond motifs is 1. The minimum Gasteiger partial charge on any atom is -0.588 e. The first kappa shape index (κ1) is 35.5. The van der Waals surface area contributed by atoms with Gasteiger partial charge in [-0.1, -0.05) is 58.3 Å². The average Bonchev–Trinajstić information content (AvgIpc) is 3.55. The van der Waals surface area contributed by atoms with Gasteiger partial charge in [-0.3, -0.25) is 0 Å². The first-order chi connectivity index (χ1) is 23.2. The highest BCUT2D eigenvalue weighted by Gasteiger charge is 2.70. The fourth-order valence-corrected chi connectivity index (χ4v) is 8.34. The van der Waals surface area contributed by atoms with E-state index in [-0.39, 0.29) is 48.6 Å². The van der Waals surface area contributed by atoms with Gasteiger partial charge in [0.25, 0.3) is 0 Å². The molecule has 0 aromatic heterocycles. The van der Waals surface area contributed by atoms with Gasteiger partial charge in [0, 0.05) is 24.7 Å². The Labute approximate surface area is 282 Å². The summed E-state index contributed by atoms with van der Waals surface area (Å²) in [6.45, 7) is 4.40. The summed E-state index contributed by atoms with van der Waals surface area (Å²) in [5.74, 6) is -3.11. The van der Waals surface area contributed by atoms with Gasteiger partial charge in [0.1, 0.15) is 0 Å². The topological polar surface area (TPSA) is 138 Å². The van der Waals surface area contributed by atoms with E-state index >= 15 is 0 Å². The van der Waals surface area contributed by atoms with Crippen molar-refractivity contribution in [3.05, 3.63) is 95.2 Å². The number of carbonyl (C=O) groups excluding carboxylic acids is 3. The first-order valence-corrected chi connectivity index (χ1v) is 16.8. The molecule has 2 unspecified atom stereocenters. The van der Waals surface area contributed by atoms with Gasteiger partial charge in [0.2, 0.25) is 0 Å². The van der Waals surface area contributed by atoms with Crippen LogP contribution >= 0.6 is 0 Å². The van der Waals surface area contributed by atoms with Gasteiger partial charge in [-0.15, -0.1) is 0 Å². The number of carbonyl (C=O) groups is 3. The Kier molecular flexibility index (Phi) is 9.89. The zero-order valence-electron chi connectivity index (χ0n) is 27.1. The second kappa shape index (κ2) is 13.6. The molecular formula is C34H34F3N3O8S. The number of aliphatic imine (C=N–C) groups is 1. The van der Waals surface area contributed by atoms with Crippen LogP contribution in [-0.4, -0.2) is 77.7 Å². The molecule has 1 saturated heterocycles. The summed E-state index contributed by atoms with van der Waals surface area (Å²) in [5.41, 5.74) is -0.970. The molecular weight excluding hydrogens is 667 g/mol. The van der Waals surface area contributed by atoms with Gasteiger partial charge >= 0.3 is 24.1 Å². The summed E-state index contributed by atoms with van der Waals surface area (Å²) in [4.78, 5) is 47.2. The molecule has 49 heavy (non-hydrogen) atoms. The summed E-state index contributed by atoms with van der Waals surface area (Å²) in [5, 5.41) is 0. The fourth-order valence-electron chi connectivity index (χ4n) is 6.68. The molecule has 2 aromatic carbocycles. The van der Waals surface area contributed by atoms with Gasteiger partial charge in [-0.2, -0.15) is 17.5 Å². The van der Waals surface area contributed by atoms with Crippen molar-refractivity contribution in [3.63, 3.8) is 0 Å². The number of sulfonamides is 1. The van der Waals surface area contributed by atoms with Crippen molar-refractivity contribution in [1.82, 2.24) is 4.31 Å². The summed E-state index contributed by atoms with van der Waals surface area (Å²) in [7, 11) is -3.46. The second-order valence-corrected chi connectivity index (χ2v) is 13.2. The molecule has 4 atom stereocenters. The van der Waals surface area contributed by atoms with Crippen molar-refractivity contribution < 1.29 is 50.5 Å². The fraction of sp³-hybridized carbons (Fsp3) is 0.353. The van der Waals surface area contributed by atoms with Crippen LogP contribution in [0.25, 0.3) is 0 Å². The van der Waals surface area contributed by atoms with E-state index in [0.29, 0.717) is 16.8 Å². The Morgan fingerprint density at radius 2 is 1.67 bits per heavy atom. The number of rotatable bonds is 10. The second-order valence-electron chi connectivity index (χ2n) is 11.4. The van der Waals surface area contributed by atoms with E-state index in [1.54, 1.807) is 49.1 Å². The lowest BCUT2D eigenvalue weighted by molar-refractivity contribution is -0.144. The summed E-state index contributed by atoms with van der Waals surface area (Å²) in [6.07, 6.45) is -2.63. The Balaban J connectivity index is 1.85. The van der Waals surface area contributed by atoms with Crippen LogP contribution < -0.4 is 4.90 Å². The molecule has 3 aliphatic rings. The number of methoxy groups -OCH3 is 1. The highest BCUT2D eigenvalue weighted by Crippen LogP contribution is 2.59. The Bertz CT molecular complexity index is 1820. The van der Waals surface area contributed by atoms with Gasteiger partial charge in [0.15, 0.2) is 32.9 Å². The van der Waals surface area contributed by atoms with Crippen LogP contribution in [0.5, 0.6) is 0 Å². The number of hydrogen-bond acceptors (Lipinski definition) is 10. The number of amidine groups is 1. The van der Waals surface area contributed by atoms with E-state index in [4.69, 9.17) is 14.2 Å².